The summed E-state index contributed by atoms with van der Waals surface area (Å²) in [6, 6.07) is 11.8. The second-order valence-corrected chi connectivity index (χ2v) is 6.44. The third kappa shape index (κ3) is 2.19. The highest BCUT2D eigenvalue weighted by Crippen LogP contribution is 2.58. The standard InChI is InChI=1S/C19H16FNO3/c20-13-4-7-15-16(11-13)21(18(24)19(15)9-10-19)14-5-1-12(2-6-14)3-8-17(22)23/h1-2,4-7,11H,3,8-10H2,(H,22,23). The molecule has 0 bridgehead atoms. The molecular formula is C19H16FNO3. The molecule has 1 fully saturated rings. The average Bonchev–Trinajstić information content (AvgIpc) is 3.32. The lowest BCUT2D eigenvalue weighted by molar-refractivity contribution is -0.137. The molecule has 5 heteroatoms. The Labute approximate surface area is 138 Å². The first-order valence-electron chi connectivity index (χ1n) is 7.97. The lowest BCUT2D eigenvalue weighted by Gasteiger charge is -2.18. The molecule has 122 valence electrons. The molecule has 1 aliphatic heterocycles. The summed E-state index contributed by atoms with van der Waals surface area (Å²) in [5.41, 5.74) is 2.65. The molecule has 1 amide bonds. The molecule has 0 saturated heterocycles. The van der Waals surface area contributed by atoms with Gasteiger partial charge in [0.1, 0.15) is 5.82 Å². The number of carbonyl (C=O) groups is 2. The molecule has 4 nitrogen and oxygen atoms in total. The minimum Gasteiger partial charge on any atom is -0.481 e. The van der Waals surface area contributed by atoms with E-state index >= 15 is 0 Å². The normalized spacial score (nSPS) is 17.2. The van der Waals surface area contributed by atoms with Crippen molar-refractivity contribution >= 4 is 23.3 Å². The van der Waals surface area contributed by atoms with Crippen molar-refractivity contribution in [3.05, 3.63) is 59.4 Å². The first-order valence-corrected chi connectivity index (χ1v) is 7.97. The summed E-state index contributed by atoms with van der Waals surface area (Å²) in [4.78, 5) is 25.1. The molecule has 2 aromatic rings. The second kappa shape index (κ2) is 5.16. The van der Waals surface area contributed by atoms with Crippen molar-refractivity contribution in [2.75, 3.05) is 4.90 Å². The molecule has 1 heterocycles. The number of carboxylic acid groups (broad SMARTS) is 1. The van der Waals surface area contributed by atoms with Crippen LogP contribution in [0.15, 0.2) is 42.5 Å². The number of carboxylic acids is 1. The van der Waals surface area contributed by atoms with Crippen LogP contribution < -0.4 is 4.90 Å². The van der Waals surface area contributed by atoms with Gasteiger partial charge in [0.25, 0.3) is 0 Å². The van der Waals surface area contributed by atoms with Gasteiger partial charge in [-0.15, -0.1) is 0 Å². The van der Waals surface area contributed by atoms with Crippen molar-refractivity contribution in [2.24, 2.45) is 0 Å². The first-order chi connectivity index (χ1) is 11.5. The largest absolute Gasteiger partial charge is 0.481 e. The molecule has 1 aliphatic carbocycles. The Hall–Kier alpha value is -2.69. The van der Waals surface area contributed by atoms with Crippen LogP contribution in [0.2, 0.25) is 0 Å². The number of anilines is 2. The van der Waals surface area contributed by atoms with Crippen molar-refractivity contribution in [2.45, 2.75) is 31.1 Å². The number of hydrogen-bond acceptors (Lipinski definition) is 2. The van der Waals surface area contributed by atoms with Crippen LogP contribution in [0.25, 0.3) is 0 Å². The van der Waals surface area contributed by atoms with Gasteiger partial charge in [-0.25, -0.2) is 4.39 Å². The van der Waals surface area contributed by atoms with Crippen LogP contribution in [-0.2, 0) is 21.4 Å². The van der Waals surface area contributed by atoms with E-state index in [0.29, 0.717) is 17.8 Å². The Balaban J connectivity index is 1.68. The van der Waals surface area contributed by atoms with Gasteiger partial charge in [-0.2, -0.15) is 0 Å². The molecule has 1 saturated carbocycles. The van der Waals surface area contributed by atoms with Gasteiger partial charge in [0.15, 0.2) is 0 Å². The Morgan fingerprint density at radius 1 is 1.17 bits per heavy atom. The maximum atomic E-state index is 13.7. The van der Waals surface area contributed by atoms with Crippen LogP contribution in [-0.4, -0.2) is 17.0 Å². The van der Waals surface area contributed by atoms with E-state index in [-0.39, 0.29) is 18.1 Å². The number of benzene rings is 2. The molecule has 24 heavy (non-hydrogen) atoms. The van der Waals surface area contributed by atoms with Crippen molar-refractivity contribution in [3.8, 4) is 0 Å². The van der Waals surface area contributed by atoms with Crippen molar-refractivity contribution < 1.29 is 19.1 Å². The highest BCUT2D eigenvalue weighted by Gasteiger charge is 2.59. The van der Waals surface area contributed by atoms with Crippen LogP contribution >= 0.6 is 0 Å². The number of hydrogen-bond donors (Lipinski definition) is 1. The zero-order chi connectivity index (χ0) is 16.9. The number of nitrogens with zero attached hydrogens (tertiary/aromatic N) is 1. The van der Waals surface area contributed by atoms with Gasteiger partial charge in [0.2, 0.25) is 5.91 Å². The molecule has 1 spiro atoms. The third-order valence-electron chi connectivity index (χ3n) is 4.90. The average molecular weight is 325 g/mol. The molecule has 0 atom stereocenters. The van der Waals surface area contributed by atoms with Gasteiger partial charge in [-0.1, -0.05) is 18.2 Å². The van der Waals surface area contributed by atoms with Gasteiger partial charge in [-0.3, -0.25) is 14.5 Å². The maximum Gasteiger partial charge on any atom is 0.303 e. The summed E-state index contributed by atoms with van der Waals surface area (Å²) in [7, 11) is 0. The Bertz CT molecular complexity index is 840. The van der Waals surface area contributed by atoms with Crippen molar-refractivity contribution in [1.82, 2.24) is 0 Å². The number of halogens is 1. The van der Waals surface area contributed by atoms with Gasteiger partial charge >= 0.3 is 5.97 Å². The van der Waals surface area contributed by atoms with Crippen molar-refractivity contribution in [1.29, 1.82) is 0 Å². The maximum absolute atomic E-state index is 13.7. The number of carbonyl (C=O) groups excluding carboxylic acids is 1. The van der Waals surface area contributed by atoms with Gasteiger partial charge in [0.05, 0.1) is 11.1 Å². The van der Waals surface area contributed by atoms with Crippen LogP contribution in [0.1, 0.15) is 30.4 Å². The second-order valence-electron chi connectivity index (χ2n) is 6.44. The van der Waals surface area contributed by atoms with Crippen molar-refractivity contribution in [3.63, 3.8) is 0 Å². The minimum absolute atomic E-state index is 0.00128. The third-order valence-corrected chi connectivity index (χ3v) is 4.90. The highest BCUT2D eigenvalue weighted by molar-refractivity contribution is 6.14. The summed E-state index contributed by atoms with van der Waals surface area (Å²) in [6.45, 7) is 0. The van der Waals surface area contributed by atoms with Gasteiger partial charge in [0, 0.05) is 12.1 Å². The van der Waals surface area contributed by atoms with E-state index in [4.69, 9.17) is 5.11 Å². The Morgan fingerprint density at radius 3 is 2.50 bits per heavy atom. The predicted octanol–water partition coefficient (Wildman–Crippen LogP) is 3.55. The molecule has 2 aliphatic rings. The summed E-state index contributed by atoms with van der Waals surface area (Å²) < 4.78 is 13.7. The number of rotatable bonds is 4. The molecule has 1 N–H and O–H groups in total. The van der Waals surface area contributed by atoms with E-state index in [1.807, 2.05) is 12.1 Å². The zero-order valence-corrected chi connectivity index (χ0v) is 13.0. The quantitative estimate of drug-likeness (QED) is 0.935. The van der Waals surface area contributed by atoms with Crippen LogP contribution in [0.4, 0.5) is 15.8 Å². The van der Waals surface area contributed by atoms with E-state index in [2.05, 4.69) is 0 Å². The lowest BCUT2D eigenvalue weighted by Crippen LogP contribution is -2.27. The molecule has 2 aromatic carbocycles. The predicted molar refractivity (Wildman–Crippen MR) is 86.9 cm³/mol. The van der Waals surface area contributed by atoms with Gasteiger partial charge in [-0.05, 0) is 54.7 Å². The topological polar surface area (TPSA) is 57.6 Å². The molecular weight excluding hydrogens is 309 g/mol. The minimum atomic E-state index is -0.839. The Morgan fingerprint density at radius 2 is 1.88 bits per heavy atom. The van der Waals surface area contributed by atoms with E-state index in [0.717, 1.165) is 24.0 Å². The SMILES string of the molecule is O=C(O)CCc1ccc(N2C(=O)C3(CC3)c3ccc(F)cc32)cc1. The van der Waals surface area contributed by atoms with Crippen LogP contribution in [0, 0.1) is 5.82 Å². The number of aliphatic carboxylic acids is 1. The molecule has 0 radical (unpaired) electrons. The van der Waals surface area contributed by atoms with E-state index < -0.39 is 11.4 Å². The number of fused-ring (bicyclic) bond motifs is 2. The fourth-order valence-corrected chi connectivity index (χ4v) is 3.46. The monoisotopic (exact) mass is 325 g/mol. The molecule has 0 aromatic heterocycles. The first kappa shape index (κ1) is 14.9. The summed E-state index contributed by atoms with van der Waals surface area (Å²) in [5, 5.41) is 8.75. The summed E-state index contributed by atoms with van der Waals surface area (Å²) in [6.07, 6.45) is 2.12. The van der Waals surface area contributed by atoms with E-state index in [1.165, 1.54) is 12.1 Å². The summed E-state index contributed by atoms with van der Waals surface area (Å²) in [5.74, 6) is -1.20. The van der Waals surface area contributed by atoms with E-state index in [1.54, 1.807) is 23.1 Å². The fourth-order valence-electron chi connectivity index (χ4n) is 3.46. The fraction of sp³-hybridized carbons (Fsp3) is 0.263. The Kier molecular flexibility index (Phi) is 3.20. The van der Waals surface area contributed by atoms with Crippen LogP contribution in [0.5, 0.6) is 0 Å². The summed E-state index contributed by atoms with van der Waals surface area (Å²) >= 11 is 0. The molecule has 0 unspecified atom stereocenters. The smallest absolute Gasteiger partial charge is 0.303 e. The number of amides is 1. The highest BCUT2D eigenvalue weighted by atomic mass is 19.1. The zero-order valence-electron chi connectivity index (χ0n) is 13.0. The molecule has 4 rings (SSSR count). The lowest BCUT2D eigenvalue weighted by atomic mass is 9.98. The number of aryl methyl sites for hydroxylation is 1. The van der Waals surface area contributed by atoms with E-state index in [9.17, 15) is 14.0 Å². The van der Waals surface area contributed by atoms with Crippen LogP contribution in [0.3, 0.4) is 0 Å². The van der Waals surface area contributed by atoms with Gasteiger partial charge < -0.3 is 5.11 Å².